The van der Waals surface area contributed by atoms with Crippen LogP contribution in [-0.4, -0.2) is 29.5 Å². The van der Waals surface area contributed by atoms with Gasteiger partial charge < -0.3 is 19.6 Å². The van der Waals surface area contributed by atoms with Gasteiger partial charge in [-0.15, -0.1) is 0 Å². The lowest BCUT2D eigenvalue weighted by molar-refractivity contribution is 0.0826. The molecule has 2 heterocycles. The normalized spacial score (nSPS) is 10.9. The van der Waals surface area contributed by atoms with Crippen molar-refractivity contribution in [2.45, 2.75) is 6.54 Å². The van der Waals surface area contributed by atoms with Gasteiger partial charge in [-0.3, -0.25) is 9.59 Å². The van der Waals surface area contributed by atoms with E-state index in [2.05, 4.69) is 0 Å². The Morgan fingerprint density at radius 2 is 2.04 bits per heavy atom. The third kappa shape index (κ3) is 2.59. The number of aromatic nitrogens is 1. The second-order valence-corrected chi connectivity index (χ2v) is 5.52. The van der Waals surface area contributed by atoms with Gasteiger partial charge in [-0.25, -0.2) is 0 Å². The summed E-state index contributed by atoms with van der Waals surface area (Å²) in [6, 6.07) is 8.87. The Labute approximate surface area is 132 Å². The molecule has 1 amide bonds. The number of anilines is 1. The van der Waals surface area contributed by atoms with E-state index in [4.69, 9.17) is 10.2 Å². The molecule has 0 fully saturated rings. The van der Waals surface area contributed by atoms with E-state index in [1.54, 1.807) is 50.8 Å². The molecule has 0 atom stereocenters. The van der Waals surface area contributed by atoms with E-state index < -0.39 is 0 Å². The summed E-state index contributed by atoms with van der Waals surface area (Å²) in [6.07, 6.45) is 3.15. The summed E-state index contributed by atoms with van der Waals surface area (Å²) in [7, 11) is 3.22. The number of benzene rings is 1. The summed E-state index contributed by atoms with van der Waals surface area (Å²) in [5.74, 6) is 0.369. The van der Waals surface area contributed by atoms with E-state index in [1.807, 2.05) is 10.6 Å². The zero-order chi connectivity index (χ0) is 16.6. The molecule has 0 aliphatic rings. The molecule has 0 saturated heterocycles. The number of pyridine rings is 1. The number of amides is 1. The Balaban J connectivity index is 2.30. The first-order valence-electron chi connectivity index (χ1n) is 7.14. The molecule has 118 valence electrons. The molecule has 0 radical (unpaired) electrons. The maximum atomic E-state index is 12.7. The second kappa shape index (κ2) is 5.64. The molecule has 23 heavy (non-hydrogen) atoms. The lowest BCUT2D eigenvalue weighted by atomic mass is 10.1. The van der Waals surface area contributed by atoms with Crippen molar-refractivity contribution < 1.29 is 9.21 Å². The molecule has 0 bridgehead atoms. The van der Waals surface area contributed by atoms with E-state index >= 15 is 0 Å². The smallest absolute Gasteiger partial charge is 0.258 e. The van der Waals surface area contributed by atoms with E-state index in [0.29, 0.717) is 23.1 Å². The quantitative estimate of drug-likeness (QED) is 0.749. The molecule has 0 saturated carbocycles. The second-order valence-electron chi connectivity index (χ2n) is 5.52. The van der Waals surface area contributed by atoms with Crippen molar-refractivity contribution >= 4 is 22.5 Å². The van der Waals surface area contributed by atoms with Crippen LogP contribution in [0.5, 0.6) is 0 Å². The van der Waals surface area contributed by atoms with Gasteiger partial charge in [-0.2, -0.15) is 0 Å². The van der Waals surface area contributed by atoms with E-state index in [1.165, 1.54) is 4.90 Å². The number of carbonyl (C=O) groups excluding carboxylic acids is 1. The van der Waals surface area contributed by atoms with Crippen molar-refractivity contribution in [3.63, 3.8) is 0 Å². The average Bonchev–Trinajstić information content (AvgIpc) is 3.02. The Hall–Kier alpha value is -3.02. The summed E-state index contributed by atoms with van der Waals surface area (Å²) in [4.78, 5) is 26.4. The highest BCUT2D eigenvalue weighted by atomic mass is 16.3. The molecule has 0 aliphatic heterocycles. The summed E-state index contributed by atoms with van der Waals surface area (Å²) in [5.41, 5.74) is 6.74. The molecular formula is C17H17N3O3. The molecule has 6 heteroatoms. The number of rotatable bonds is 3. The number of furan rings is 1. The minimum absolute atomic E-state index is 0.0898. The Bertz CT molecular complexity index is 924. The van der Waals surface area contributed by atoms with Crippen LogP contribution in [0.4, 0.5) is 5.69 Å². The van der Waals surface area contributed by atoms with Gasteiger partial charge in [0.1, 0.15) is 11.3 Å². The number of carbonyl (C=O) groups is 1. The molecule has 2 aromatic heterocycles. The van der Waals surface area contributed by atoms with Gasteiger partial charge in [0.25, 0.3) is 5.91 Å². The van der Waals surface area contributed by atoms with Crippen molar-refractivity contribution in [2.24, 2.45) is 0 Å². The third-order valence-electron chi connectivity index (χ3n) is 3.68. The molecule has 0 unspecified atom stereocenters. The summed E-state index contributed by atoms with van der Waals surface area (Å²) in [5, 5.41) is 0.353. The number of fused-ring (bicyclic) bond motifs is 1. The van der Waals surface area contributed by atoms with Gasteiger partial charge in [0.15, 0.2) is 0 Å². The van der Waals surface area contributed by atoms with Crippen molar-refractivity contribution in [1.29, 1.82) is 0 Å². The third-order valence-corrected chi connectivity index (χ3v) is 3.68. The first-order chi connectivity index (χ1) is 11.0. The Morgan fingerprint density at radius 3 is 2.70 bits per heavy atom. The number of nitrogens with zero attached hydrogens (tertiary/aromatic N) is 2. The summed E-state index contributed by atoms with van der Waals surface area (Å²) >= 11 is 0. The van der Waals surface area contributed by atoms with Crippen molar-refractivity contribution in [1.82, 2.24) is 9.47 Å². The predicted octanol–water partition coefficient (Wildman–Crippen LogP) is 1.93. The van der Waals surface area contributed by atoms with Gasteiger partial charge in [-0.1, -0.05) is 6.07 Å². The lowest BCUT2D eigenvalue weighted by Crippen LogP contribution is -2.29. The highest BCUT2D eigenvalue weighted by Crippen LogP contribution is 2.20. The summed E-state index contributed by atoms with van der Waals surface area (Å²) in [6.45, 7) is 0.404. The van der Waals surface area contributed by atoms with Crippen LogP contribution in [0.3, 0.4) is 0 Å². The minimum atomic E-state index is -0.354. The predicted molar refractivity (Wildman–Crippen MR) is 88.4 cm³/mol. The van der Waals surface area contributed by atoms with Gasteiger partial charge in [0, 0.05) is 26.0 Å². The van der Waals surface area contributed by atoms with E-state index in [9.17, 15) is 9.59 Å². The van der Waals surface area contributed by atoms with Crippen LogP contribution in [0.15, 0.2) is 52.0 Å². The summed E-state index contributed by atoms with van der Waals surface area (Å²) < 4.78 is 7.18. The number of nitrogens with two attached hydrogens (primary N) is 1. The van der Waals surface area contributed by atoms with Crippen molar-refractivity contribution in [3.8, 4) is 0 Å². The van der Waals surface area contributed by atoms with Crippen LogP contribution >= 0.6 is 0 Å². The fourth-order valence-corrected chi connectivity index (χ4v) is 2.56. The number of hydrogen-bond acceptors (Lipinski definition) is 4. The Kier molecular flexibility index (Phi) is 3.65. The maximum absolute atomic E-state index is 12.7. The van der Waals surface area contributed by atoms with Crippen molar-refractivity contribution in [2.75, 3.05) is 19.8 Å². The average molecular weight is 311 g/mol. The highest BCUT2D eigenvalue weighted by molar-refractivity contribution is 5.99. The molecule has 2 N–H and O–H groups in total. The van der Waals surface area contributed by atoms with Crippen LogP contribution < -0.4 is 11.2 Å². The lowest BCUT2D eigenvalue weighted by Gasteiger charge is -2.15. The first-order valence-corrected chi connectivity index (χ1v) is 7.14. The first kappa shape index (κ1) is 14.9. The molecule has 3 rings (SSSR count). The number of nitrogen functional groups attached to an aromatic ring is 1. The SMILES string of the molecule is CN(C)C(=O)c1cn(Cc2ccco2)c2cccc(N)c2c1=O. The van der Waals surface area contributed by atoms with Gasteiger partial charge >= 0.3 is 0 Å². The van der Waals surface area contributed by atoms with Crippen LogP contribution in [0.25, 0.3) is 10.9 Å². The number of hydrogen-bond donors (Lipinski definition) is 1. The molecule has 3 aromatic rings. The van der Waals surface area contributed by atoms with Crippen LogP contribution in [0.1, 0.15) is 16.1 Å². The van der Waals surface area contributed by atoms with Crippen molar-refractivity contribution in [3.05, 3.63) is 64.3 Å². The Morgan fingerprint density at radius 1 is 1.26 bits per heavy atom. The van der Waals surface area contributed by atoms with Crippen LogP contribution in [0.2, 0.25) is 0 Å². The minimum Gasteiger partial charge on any atom is -0.467 e. The fraction of sp³-hybridized carbons (Fsp3) is 0.176. The van der Waals surface area contributed by atoms with Crippen LogP contribution in [-0.2, 0) is 6.54 Å². The molecular weight excluding hydrogens is 294 g/mol. The zero-order valence-electron chi connectivity index (χ0n) is 12.9. The van der Waals surface area contributed by atoms with Crippen LogP contribution in [0, 0.1) is 0 Å². The molecule has 1 aromatic carbocycles. The van der Waals surface area contributed by atoms with E-state index in [-0.39, 0.29) is 16.9 Å². The fourth-order valence-electron chi connectivity index (χ4n) is 2.56. The molecule has 0 spiro atoms. The highest BCUT2D eigenvalue weighted by Gasteiger charge is 2.18. The zero-order valence-corrected chi connectivity index (χ0v) is 12.9. The van der Waals surface area contributed by atoms with Gasteiger partial charge in [0.05, 0.1) is 23.7 Å². The van der Waals surface area contributed by atoms with Gasteiger partial charge in [0.2, 0.25) is 5.43 Å². The molecule has 6 nitrogen and oxygen atoms in total. The monoisotopic (exact) mass is 311 g/mol. The largest absolute Gasteiger partial charge is 0.467 e. The van der Waals surface area contributed by atoms with Gasteiger partial charge in [-0.05, 0) is 24.3 Å². The standard InChI is InChI=1S/C17H17N3O3/c1-19(2)17(22)12-10-20(9-11-5-4-8-23-11)14-7-3-6-13(18)15(14)16(12)21/h3-8,10H,9,18H2,1-2H3. The topological polar surface area (TPSA) is 81.5 Å². The molecule has 0 aliphatic carbocycles. The maximum Gasteiger partial charge on any atom is 0.258 e. The van der Waals surface area contributed by atoms with E-state index in [0.717, 1.165) is 5.76 Å².